The molecule has 5 heterocycles. The van der Waals surface area contributed by atoms with E-state index in [1.807, 2.05) is 89.3 Å². The van der Waals surface area contributed by atoms with Crippen LogP contribution in [0, 0.1) is 6.92 Å². The molecule has 0 unspecified atom stereocenters. The van der Waals surface area contributed by atoms with E-state index in [4.69, 9.17) is 9.52 Å². The molecule has 5 aromatic rings. The molecule has 0 saturated carbocycles. The van der Waals surface area contributed by atoms with Crippen molar-refractivity contribution in [2.75, 3.05) is 13.1 Å². The average molecular weight is 453 g/mol. The van der Waals surface area contributed by atoms with Crippen LogP contribution in [0.1, 0.15) is 40.7 Å². The molecular weight excluding hydrogens is 428 g/mol. The number of nitrogens with zero attached hydrogens (tertiary/aromatic N) is 6. The molecule has 8 heteroatoms. The molecule has 6 rings (SSSR count). The van der Waals surface area contributed by atoms with Gasteiger partial charge in [0, 0.05) is 31.4 Å². The number of fused-ring (bicyclic) bond motifs is 1. The second-order valence-electron chi connectivity index (χ2n) is 8.64. The summed E-state index contributed by atoms with van der Waals surface area (Å²) >= 11 is 0. The van der Waals surface area contributed by atoms with Crippen LogP contribution in [0.5, 0.6) is 0 Å². The monoisotopic (exact) mass is 452 g/mol. The number of piperidine rings is 1. The van der Waals surface area contributed by atoms with Crippen molar-refractivity contribution in [2.24, 2.45) is 0 Å². The van der Waals surface area contributed by atoms with Crippen LogP contribution in [-0.4, -0.2) is 48.3 Å². The number of furan rings is 1. The molecule has 8 nitrogen and oxygen atoms in total. The lowest BCUT2D eigenvalue weighted by atomic mass is 9.95. The summed E-state index contributed by atoms with van der Waals surface area (Å²) in [6, 6.07) is 19.5. The summed E-state index contributed by atoms with van der Waals surface area (Å²) in [5, 5.41) is 13.4. The van der Waals surface area contributed by atoms with Crippen molar-refractivity contribution in [3.05, 3.63) is 90.2 Å². The van der Waals surface area contributed by atoms with Crippen molar-refractivity contribution in [1.29, 1.82) is 0 Å². The molecule has 1 fully saturated rings. The zero-order valence-corrected chi connectivity index (χ0v) is 18.8. The fourth-order valence-electron chi connectivity index (χ4n) is 4.64. The number of aryl methyl sites for hydroxylation is 1. The van der Waals surface area contributed by atoms with E-state index in [1.54, 1.807) is 4.68 Å². The van der Waals surface area contributed by atoms with Crippen molar-refractivity contribution < 1.29 is 9.21 Å². The van der Waals surface area contributed by atoms with Gasteiger partial charge in [0.05, 0.1) is 11.3 Å². The van der Waals surface area contributed by atoms with E-state index in [1.165, 1.54) is 0 Å². The lowest BCUT2D eigenvalue weighted by molar-refractivity contribution is 0.0711. The van der Waals surface area contributed by atoms with Gasteiger partial charge >= 0.3 is 0 Å². The van der Waals surface area contributed by atoms with Gasteiger partial charge in [-0.25, -0.2) is 4.68 Å². The Morgan fingerprint density at radius 1 is 0.971 bits per heavy atom. The topological polar surface area (TPSA) is 81.5 Å². The van der Waals surface area contributed by atoms with Crippen LogP contribution < -0.4 is 0 Å². The molecular formula is C26H24N6O2. The third kappa shape index (κ3) is 3.57. The molecule has 0 aliphatic carbocycles. The Labute approximate surface area is 196 Å². The van der Waals surface area contributed by atoms with Crippen LogP contribution in [0.3, 0.4) is 0 Å². The highest BCUT2D eigenvalue weighted by Gasteiger charge is 2.30. The number of para-hydroxylation sites is 1. The summed E-state index contributed by atoms with van der Waals surface area (Å²) in [6.07, 6.45) is 5.48. The number of hydrogen-bond donors (Lipinski definition) is 0. The van der Waals surface area contributed by atoms with Gasteiger partial charge in [0.15, 0.2) is 11.4 Å². The van der Waals surface area contributed by atoms with Crippen LogP contribution in [0.4, 0.5) is 0 Å². The molecule has 0 spiro atoms. The number of likely N-dealkylation sites (tertiary alicyclic amines) is 1. The smallest absolute Gasteiger partial charge is 0.257 e. The van der Waals surface area contributed by atoms with Crippen molar-refractivity contribution in [3.8, 4) is 17.1 Å². The van der Waals surface area contributed by atoms with E-state index in [0.29, 0.717) is 30.1 Å². The number of hydrogen-bond acceptors (Lipinski definition) is 5. The van der Waals surface area contributed by atoms with Gasteiger partial charge in [0.2, 0.25) is 0 Å². The maximum atomic E-state index is 13.6. The molecule has 0 N–H and O–H groups in total. The van der Waals surface area contributed by atoms with E-state index >= 15 is 0 Å². The first-order valence-electron chi connectivity index (χ1n) is 11.5. The molecule has 170 valence electrons. The molecule has 1 aromatic carbocycles. The number of aromatic nitrogens is 5. The van der Waals surface area contributed by atoms with Crippen molar-refractivity contribution >= 4 is 11.6 Å². The largest absolute Gasteiger partial charge is 0.460 e. The van der Waals surface area contributed by atoms with Crippen molar-refractivity contribution in [2.45, 2.75) is 25.7 Å². The van der Waals surface area contributed by atoms with E-state index in [9.17, 15) is 4.79 Å². The third-order valence-electron chi connectivity index (χ3n) is 6.43. The number of amides is 1. The highest BCUT2D eigenvalue weighted by Crippen LogP contribution is 2.31. The zero-order valence-electron chi connectivity index (χ0n) is 18.8. The maximum absolute atomic E-state index is 13.6. The molecule has 1 amide bonds. The number of pyridine rings is 1. The lowest BCUT2D eigenvalue weighted by Gasteiger charge is -2.31. The molecule has 1 aliphatic heterocycles. The van der Waals surface area contributed by atoms with E-state index in [0.717, 1.165) is 35.8 Å². The normalized spacial score (nSPS) is 14.7. The molecule has 0 atom stereocenters. The minimum absolute atomic E-state index is 0.0317. The minimum Gasteiger partial charge on any atom is -0.460 e. The van der Waals surface area contributed by atoms with E-state index in [2.05, 4.69) is 10.2 Å². The predicted octanol–water partition coefficient (Wildman–Crippen LogP) is 4.50. The van der Waals surface area contributed by atoms with Gasteiger partial charge in [-0.2, -0.15) is 5.10 Å². The first kappa shape index (κ1) is 20.4. The van der Waals surface area contributed by atoms with E-state index in [-0.39, 0.29) is 11.8 Å². The molecule has 4 aromatic heterocycles. The Balaban J connectivity index is 1.27. The van der Waals surface area contributed by atoms with Crippen molar-refractivity contribution in [3.63, 3.8) is 0 Å². The van der Waals surface area contributed by atoms with Gasteiger partial charge in [-0.15, -0.1) is 10.2 Å². The Hall–Kier alpha value is -4.20. The summed E-state index contributed by atoms with van der Waals surface area (Å²) in [5.41, 5.74) is 2.85. The zero-order chi connectivity index (χ0) is 23.1. The predicted molar refractivity (Wildman–Crippen MR) is 127 cm³/mol. The standard InChI is InChI=1S/C26H24N6O2/c1-18-10-11-22(34-18)24-21(17-32(29-24)20-7-3-2-4-8-20)26(33)30-15-12-19(13-16-30)25-28-27-23-9-5-6-14-31(23)25/h2-11,14,17,19H,12-13,15-16H2,1H3. The molecule has 1 saturated heterocycles. The number of carbonyl (C=O) groups is 1. The van der Waals surface area contributed by atoms with Crippen LogP contribution in [-0.2, 0) is 0 Å². The Bertz CT molecular complexity index is 1460. The highest BCUT2D eigenvalue weighted by molar-refractivity contribution is 5.99. The minimum atomic E-state index is -0.0317. The van der Waals surface area contributed by atoms with Crippen LogP contribution >= 0.6 is 0 Å². The van der Waals surface area contributed by atoms with Gasteiger partial charge in [-0.3, -0.25) is 9.20 Å². The van der Waals surface area contributed by atoms with Gasteiger partial charge < -0.3 is 9.32 Å². The molecule has 0 radical (unpaired) electrons. The summed E-state index contributed by atoms with van der Waals surface area (Å²) < 4.78 is 9.63. The first-order chi connectivity index (χ1) is 16.7. The number of benzene rings is 1. The highest BCUT2D eigenvalue weighted by atomic mass is 16.3. The lowest BCUT2D eigenvalue weighted by Crippen LogP contribution is -2.38. The second kappa shape index (κ2) is 8.30. The number of rotatable bonds is 4. The summed E-state index contributed by atoms with van der Waals surface area (Å²) in [7, 11) is 0. The Morgan fingerprint density at radius 3 is 2.53 bits per heavy atom. The summed E-state index contributed by atoms with van der Waals surface area (Å²) in [5.74, 6) is 2.58. The van der Waals surface area contributed by atoms with Gasteiger partial charge in [-0.05, 0) is 56.2 Å². The molecule has 0 bridgehead atoms. The van der Waals surface area contributed by atoms with Gasteiger partial charge in [0.1, 0.15) is 17.3 Å². The Kier molecular flexibility index (Phi) is 4.98. The van der Waals surface area contributed by atoms with Crippen LogP contribution in [0.25, 0.3) is 22.8 Å². The van der Waals surface area contributed by atoms with Gasteiger partial charge in [-0.1, -0.05) is 24.3 Å². The summed E-state index contributed by atoms with van der Waals surface area (Å²) in [4.78, 5) is 15.6. The SMILES string of the molecule is Cc1ccc(-c2nn(-c3ccccc3)cc2C(=O)N2CCC(c3nnc4ccccn34)CC2)o1. The summed E-state index contributed by atoms with van der Waals surface area (Å²) in [6.45, 7) is 3.19. The molecule has 1 aliphatic rings. The van der Waals surface area contributed by atoms with Crippen molar-refractivity contribution in [1.82, 2.24) is 29.3 Å². The Morgan fingerprint density at radius 2 is 1.76 bits per heavy atom. The fourth-order valence-corrected chi connectivity index (χ4v) is 4.64. The fraction of sp³-hybridized carbons (Fsp3) is 0.231. The van der Waals surface area contributed by atoms with Gasteiger partial charge in [0.25, 0.3) is 5.91 Å². The average Bonchev–Trinajstić information content (AvgIpc) is 3.62. The van der Waals surface area contributed by atoms with E-state index < -0.39 is 0 Å². The van der Waals surface area contributed by atoms with Crippen LogP contribution in [0.15, 0.2) is 77.5 Å². The third-order valence-corrected chi connectivity index (χ3v) is 6.43. The molecule has 34 heavy (non-hydrogen) atoms. The first-order valence-corrected chi connectivity index (χ1v) is 11.5. The quantitative estimate of drug-likeness (QED) is 0.401. The van der Waals surface area contributed by atoms with Crippen LogP contribution in [0.2, 0.25) is 0 Å². The number of carbonyl (C=O) groups excluding carboxylic acids is 1. The maximum Gasteiger partial charge on any atom is 0.257 e. The second-order valence-corrected chi connectivity index (χ2v) is 8.64.